The minimum Gasteiger partial charge on any atom is -0.508 e. The number of rotatable bonds is 8. The molecule has 0 radical (unpaired) electrons. The first-order valence-corrected chi connectivity index (χ1v) is 13.1. The molecule has 0 saturated carbocycles. The summed E-state index contributed by atoms with van der Waals surface area (Å²) in [7, 11) is 0. The fraction of sp³-hybridized carbons (Fsp3) is 0.250. The molecule has 1 saturated heterocycles. The number of aliphatic hydroxyl groups is 1. The smallest absolute Gasteiger partial charge is 0.261 e. The Balaban J connectivity index is 1.21. The third kappa shape index (κ3) is 6.71. The van der Waals surface area contributed by atoms with E-state index < -0.39 is 0 Å². The van der Waals surface area contributed by atoms with Gasteiger partial charge in [-0.05, 0) is 66.4 Å². The molecule has 2 aromatic heterocycles. The van der Waals surface area contributed by atoms with E-state index >= 15 is 0 Å². The summed E-state index contributed by atoms with van der Waals surface area (Å²) >= 11 is 1.37. The number of aromatic nitrogens is 2. The number of likely N-dealkylation sites (tertiary alicyclic amines) is 1. The Morgan fingerprint density at radius 1 is 1.03 bits per heavy atom. The third-order valence-corrected chi connectivity index (χ3v) is 7.35. The van der Waals surface area contributed by atoms with Crippen molar-refractivity contribution in [2.75, 3.05) is 18.4 Å². The highest BCUT2D eigenvalue weighted by Crippen LogP contribution is 2.28. The molecule has 0 spiro atoms. The first-order chi connectivity index (χ1) is 18.0. The summed E-state index contributed by atoms with van der Waals surface area (Å²) in [6.07, 6.45) is 3.17. The summed E-state index contributed by atoms with van der Waals surface area (Å²) in [5.74, 6) is 0.485. The third-order valence-electron chi connectivity index (χ3n) is 6.25. The van der Waals surface area contributed by atoms with Gasteiger partial charge in [0.05, 0.1) is 21.6 Å². The molecule has 0 bridgehead atoms. The summed E-state index contributed by atoms with van der Waals surface area (Å²) in [5.41, 5.74) is 3.66. The van der Waals surface area contributed by atoms with E-state index in [0.29, 0.717) is 17.4 Å². The van der Waals surface area contributed by atoms with Gasteiger partial charge in [-0.15, -0.1) is 11.3 Å². The molecule has 9 heteroatoms. The topological polar surface area (TPSA) is 111 Å². The molecule has 0 unspecified atom stereocenters. The number of amides is 1. The number of nitrogens with zero attached hydrogens (tertiary/aromatic N) is 3. The van der Waals surface area contributed by atoms with E-state index in [0.717, 1.165) is 54.3 Å². The summed E-state index contributed by atoms with van der Waals surface area (Å²) in [6, 6.07) is 20.5. The highest BCUT2D eigenvalue weighted by Gasteiger charge is 2.17. The lowest BCUT2D eigenvalue weighted by molar-refractivity contribution is 0.0792. The van der Waals surface area contributed by atoms with Gasteiger partial charge in [0, 0.05) is 38.1 Å². The number of anilines is 2. The van der Waals surface area contributed by atoms with E-state index in [1.54, 1.807) is 30.5 Å². The molecule has 0 atom stereocenters. The number of thiophene rings is 1. The van der Waals surface area contributed by atoms with Crippen LogP contribution in [0.3, 0.4) is 0 Å². The van der Waals surface area contributed by atoms with Crippen LogP contribution in [0.2, 0.25) is 0 Å². The predicted octanol–water partition coefficient (Wildman–Crippen LogP) is 4.54. The molecule has 4 N–H and O–H groups in total. The molecule has 1 amide bonds. The molecular formula is C28H29N5O3S. The van der Waals surface area contributed by atoms with Crippen LogP contribution in [0.15, 0.2) is 72.9 Å². The molecule has 37 heavy (non-hydrogen) atoms. The van der Waals surface area contributed by atoms with Gasteiger partial charge in [0.1, 0.15) is 5.75 Å². The molecule has 8 nitrogen and oxygen atoms in total. The first-order valence-electron chi connectivity index (χ1n) is 12.3. The van der Waals surface area contributed by atoms with Crippen LogP contribution in [0.1, 0.15) is 33.6 Å². The molecule has 4 aromatic rings. The number of benzene rings is 2. The van der Waals surface area contributed by atoms with Crippen molar-refractivity contribution in [3.05, 3.63) is 88.9 Å². The maximum absolute atomic E-state index is 12.6. The van der Waals surface area contributed by atoms with E-state index in [-0.39, 0.29) is 17.8 Å². The zero-order chi connectivity index (χ0) is 25.6. The molecule has 3 heterocycles. The fourth-order valence-electron chi connectivity index (χ4n) is 4.30. The highest BCUT2D eigenvalue weighted by molar-refractivity contribution is 7.17. The van der Waals surface area contributed by atoms with E-state index in [2.05, 4.69) is 37.6 Å². The zero-order valence-electron chi connectivity index (χ0n) is 20.3. The van der Waals surface area contributed by atoms with Crippen LogP contribution in [-0.2, 0) is 13.1 Å². The summed E-state index contributed by atoms with van der Waals surface area (Å²) in [4.78, 5) is 25.5. The van der Waals surface area contributed by atoms with Crippen molar-refractivity contribution < 1.29 is 15.0 Å². The molecule has 1 aliphatic rings. The van der Waals surface area contributed by atoms with Gasteiger partial charge in [-0.1, -0.05) is 24.3 Å². The number of carbonyl (C=O) groups excluding carboxylic acids is 1. The van der Waals surface area contributed by atoms with Crippen molar-refractivity contribution in [2.45, 2.75) is 32.0 Å². The average Bonchev–Trinajstić information content (AvgIpc) is 3.40. The lowest BCUT2D eigenvalue weighted by Gasteiger charge is -2.29. The van der Waals surface area contributed by atoms with Crippen molar-refractivity contribution in [3.63, 3.8) is 0 Å². The molecule has 5 rings (SSSR count). The van der Waals surface area contributed by atoms with Gasteiger partial charge in [-0.3, -0.25) is 9.69 Å². The number of phenols is 1. The number of aromatic hydroxyl groups is 1. The fourth-order valence-corrected chi connectivity index (χ4v) is 5.19. The number of hydrogen-bond donors (Lipinski definition) is 4. The van der Waals surface area contributed by atoms with Gasteiger partial charge in [0.15, 0.2) is 0 Å². The predicted molar refractivity (Wildman–Crippen MR) is 145 cm³/mol. The van der Waals surface area contributed by atoms with Crippen molar-refractivity contribution in [3.8, 4) is 16.3 Å². The Morgan fingerprint density at radius 2 is 1.84 bits per heavy atom. The van der Waals surface area contributed by atoms with Crippen molar-refractivity contribution in [1.29, 1.82) is 0 Å². The van der Waals surface area contributed by atoms with Gasteiger partial charge >= 0.3 is 0 Å². The number of piperidine rings is 1. The van der Waals surface area contributed by atoms with Crippen molar-refractivity contribution in [1.82, 2.24) is 20.2 Å². The number of nitrogens with one attached hydrogen (secondary N) is 2. The van der Waals surface area contributed by atoms with E-state index in [4.69, 9.17) is 0 Å². The zero-order valence-corrected chi connectivity index (χ0v) is 21.1. The molecular weight excluding hydrogens is 486 g/mol. The minimum absolute atomic E-state index is 0.174. The second kappa shape index (κ2) is 11.5. The van der Waals surface area contributed by atoms with E-state index in [1.165, 1.54) is 16.9 Å². The summed E-state index contributed by atoms with van der Waals surface area (Å²) in [6.45, 7) is 2.98. The van der Waals surface area contributed by atoms with E-state index in [9.17, 15) is 15.0 Å². The van der Waals surface area contributed by atoms with Crippen molar-refractivity contribution in [2.24, 2.45) is 0 Å². The Bertz CT molecular complexity index is 1370. The number of phenolic OH excluding ortho intramolecular Hbond substituents is 1. The van der Waals surface area contributed by atoms with Gasteiger partial charge < -0.3 is 20.8 Å². The number of aliphatic hydroxyl groups excluding tert-OH is 1. The molecule has 2 aromatic carbocycles. The number of carbonyl (C=O) groups is 1. The van der Waals surface area contributed by atoms with Crippen LogP contribution in [0.25, 0.3) is 10.6 Å². The van der Waals surface area contributed by atoms with E-state index in [1.807, 2.05) is 30.3 Å². The standard InChI is InChI=1S/C28H29N5O3S/c34-22-10-13-33(14-11-22)18-20-4-1-5-21(15-20)31-28-29-12-9-24(32-28)25-7-8-26(37-25)27(36)30-17-19-3-2-6-23(35)16-19/h1-9,12,15-16,22,34-35H,10-11,13-14,17-18H2,(H,30,36)(H,29,31,32). The minimum atomic E-state index is -0.174. The maximum Gasteiger partial charge on any atom is 0.261 e. The molecule has 1 fully saturated rings. The average molecular weight is 516 g/mol. The van der Waals surface area contributed by atoms with Gasteiger partial charge in [-0.2, -0.15) is 0 Å². The molecule has 0 aliphatic carbocycles. The Labute approximate surface area is 219 Å². The summed E-state index contributed by atoms with van der Waals surface area (Å²) < 4.78 is 0. The Kier molecular flexibility index (Phi) is 7.74. The van der Waals surface area contributed by atoms with Crippen LogP contribution in [0.5, 0.6) is 5.75 Å². The van der Waals surface area contributed by atoms with Crippen molar-refractivity contribution >= 4 is 28.9 Å². The monoisotopic (exact) mass is 515 g/mol. The largest absolute Gasteiger partial charge is 0.508 e. The van der Waals surface area contributed by atoms with Crippen LogP contribution in [0.4, 0.5) is 11.6 Å². The lowest BCUT2D eigenvalue weighted by Crippen LogP contribution is -2.35. The maximum atomic E-state index is 12.6. The van der Waals surface area contributed by atoms with Gasteiger partial charge in [-0.25, -0.2) is 9.97 Å². The van der Waals surface area contributed by atoms with Crippen LogP contribution >= 0.6 is 11.3 Å². The molecule has 1 aliphatic heterocycles. The van der Waals surface area contributed by atoms with Crippen LogP contribution in [-0.4, -0.2) is 50.2 Å². The second-order valence-electron chi connectivity index (χ2n) is 9.11. The van der Waals surface area contributed by atoms with Gasteiger partial charge in [0.25, 0.3) is 5.91 Å². The SMILES string of the molecule is O=C(NCc1cccc(O)c1)c1ccc(-c2ccnc(Nc3cccc(CN4CCC(O)CC4)c3)n2)s1. The quantitative estimate of drug-likeness (QED) is 0.273. The van der Waals surface area contributed by atoms with Gasteiger partial charge in [0.2, 0.25) is 5.95 Å². The first kappa shape index (κ1) is 24.9. The number of hydrogen-bond acceptors (Lipinski definition) is 8. The Morgan fingerprint density at radius 3 is 2.68 bits per heavy atom. The lowest BCUT2D eigenvalue weighted by atomic mass is 10.1. The second-order valence-corrected chi connectivity index (χ2v) is 10.2. The normalized spacial score (nSPS) is 14.4. The highest BCUT2D eigenvalue weighted by atomic mass is 32.1. The summed E-state index contributed by atoms with van der Waals surface area (Å²) in [5, 5.41) is 25.5. The van der Waals surface area contributed by atoms with Crippen LogP contribution in [0, 0.1) is 0 Å². The van der Waals surface area contributed by atoms with Crippen LogP contribution < -0.4 is 10.6 Å². The Hall–Kier alpha value is -3.79. The molecule has 190 valence electrons.